The smallest absolute Gasteiger partial charge is 0.191 e. The molecule has 0 atom stereocenters. The molecule has 0 aliphatic carbocycles. The van der Waals surface area contributed by atoms with Crippen molar-refractivity contribution in [2.45, 2.75) is 46.2 Å². The largest absolute Gasteiger partial charge is 0.459 e. The zero-order valence-corrected chi connectivity index (χ0v) is 19.2. The molecule has 2 heterocycles. The summed E-state index contributed by atoms with van der Waals surface area (Å²) >= 11 is 0. The molecule has 1 aliphatic heterocycles. The van der Waals surface area contributed by atoms with Crippen molar-refractivity contribution in [3.63, 3.8) is 0 Å². The minimum atomic E-state index is 0. The van der Waals surface area contributed by atoms with E-state index in [1.54, 1.807) is 0 Å². The second-order valence-electron chi connectivity index (χ2n) is 7.69. The number of piperidine rings is 1. The number of furan rings is 1. The molecule has 1 fully saturated rings. The van der Waals surface area contributed by atoms with E-state index < -0.39 is 0 Å². The van der Waals surface area contributed by atoms with E-state index in [2.05, 4.69) is 47.4 Å². The number of benzene rings is 1. The van der Waals surface area contributed by atoms with E-state index in [0.717, 1.165) is 49.2 Å². The fourth-order valence-electron chi connectivity index (χ4n) is 3.72. The highest BCUT2D eigenvalue weighted by molar-refractivity contribution is 14.0. The second-order valence-corrected chi connectivity index (χ2v) is 7.69. The zero-order valence-electron chi connectivity index (χ0n) is 16.9. The van der Waals surface area contributed by atoms with Crippen LogP contribution in [-0.4, -0.2) is 43.6 Å². The molecule has 0 spiro atoms. The van der Waals surface area contributed by atoms with Crippen LogP contribution < -0.4 is 10.6 Å². The van der Waals surface area contributed by atoms with Crippen LogP contribution in [0.25, 0.3) is 11.0 Å². The number of likely N-dealkylation sites (tertiary alicyclic amines) is 1. The molecule has 2 N–H and O–H groups in total. The van der Waals surface area contributed by atoms with E-state index in [9.17, 15) is 0 Å². The van der Waals surface area contributed by atoms with Crippen LogP contribution in [0.2, 0.25) is 0 Å². The number of aliphatic imine (C=N–C) groups is 1. The summed E-state index contributed by atoms with van der Waals surface area (Å²) in [7, 11) is 1.83. The number of nitrogens with one attached hydrogen (secondary N) is 2. The number of guanidine groups is 1. The molecule has 0 amide bonds. The van der Waals surface area contributed by atoms with Crippen LogP contribution in [-0.2, 0) is 6.54 Å². The lowest BCUT2D eigenvalue weighted by molar-refractivity contribution is 0.187. The molecule has 5 nitrogen and oxygen atoms in total. The molecular formula is C21H33IN4O. The Hall–Kier alpha value is -1.28. The zero-order chi connectivity index (χ0) is 18.5. The quantitative estimate of drug-likeness (QED) is 0.381. The molecule has 3 rings (SSSR count). The average molecular weight is 484 g/mol. The van der Waals surface area contributed by atoms with E-state index in [1.807, 2.05) is 25.2 Å². The van der Waals surface area contributed by atoms with Crippen LogP contribution in [0.1, 0.15) is 38.0 Å². The Balaban J connectivity index is 0.00000261. The number of aryl methyl sites for hydroxylation is 1. The van der Waals surface area contributed by atoms with Crippen molar-refractivity contribution in [3.8, 4) is 0 Å². The summed E-state index contributed by atoms with van der Waals surface area (Å²) in [6, 6.07) is 8.67. The third-order valence-electron chi connectivity index (χ3n) is 5.13. The Morgan fingerprint density at radius 1 is 1.26 bits per heavy atom. The van der Waals surface area contributed by atoms with Crippen LogP contribution in [0, 0.1) is 12.8 Å². The summed E-state index contributed by atoms with van der Waals surface area (Å²) in [5.41, 5.74) is 2.15. The molecule has 0 saturated carbocycles. The molecule has 1 aliphatic rings. The van der Waals surface area contributed by atoms with Crippen LogP contribution in [0.4, 0.5) is 0 Å². The Kier molecular flexibility index (Phi) is 8.41. The first kappa shape index (κ1) is 22.0. The van der Waals surface area contributed by atoms with Crippen molar-refractivity contribution >= 4 is 40.9 Å². The molecule has 1 aromatic carbocycles. The van der Waals surface area contributed by atoms with Crippen molar-refractivity contribution in [1.82, 2.24) is 15.5 Å². The Labute approximate surface area is 180 Å². The van der Waals surface area contributed by atoms with Crippen LogP contribution in [0.3, 0.4) is 0 Å². The summed E-state index contributed by atoms with van der Waals surface area (Å²) in [6.45, 7) is 10.9. The summed E-state index contributed by atoms with van der Waals surface area (Å²) < 4.78 is 5.98. The van der Waals surface area contributed by atoms with Gasteiger partial charge in [0.2, 0.25) is 0 Å². The minimum Gasteiger partial charge on any atom is -0.459 e. The number of fused-ring (bicyclic) bond motifs is 1. The molecule has 150 valence electrons. The van der Waals surface area contributed by atoms with Gasteiger partial charge in [0.15, 0.2) is 5.96 Å². The highest BCUT2D eigenvalue weighted by Gasteiger charge is 2.20. The van der Waals surface area contributed by atoms with E-state index in [4.69, 9.17) is 4.42 Å². The van der Waals surface area contributed by atoms with Gasteiger partial charge in [-0.25, -0.2) is 0 Å². The minimum absolute atomic E-state index is 0. The predicted octanol–water partition coefficient (Wildman–Crippen LogP) is 4.14. The fraction of sp³-hybridized carbons (Fsp3) is 0.571. The van der Waals surface area contributed by atoms with Gasteiger partial charge >= 0.3 is 0 Å². The van der Waals surface area contributed by atoms with Gasteiger partial charge in [0.05, 0.1) is 6.54 Å². The van der Waals surface area contributed by atoms with Crippen LogP contribution in [0.15, 0.2) is 33.7 Å². The third-order valence-corrected chi connectivity index (χ3v) is 5.13. The maximum atomic E-state index is 5.98. The number of hydrogen-bond acceptors (Lipinski definition) is 3. The van der Waals surface area contributed by atoms with Gasteiger partial charge in [0.25, 0.3) is 0 Å². The number of halogens is 1. The van der Waals surface area contributed by atoms with Gasteiger partial charge in [-0.15, -0.1) is 24.0 Å². The van der Waals surface area contributed by atoms with Crippen LogP contribution in [0.5, 0.6) is 0 Å². The summed E-state index contributed by atoms with van der Waals surface area (Å²) in [4.78, 5) is 6.95. The molecule has 6 heteroatoms. The predicted molar refractivity (Wildman–Crippen MR) is 124 cm³/mol. The maximum Gasteiger partial charge on any atom is 0.191 e. The summed E-state index contributed by atoms with van der Waals surface area (Å²) in [5, 5.41) is 8.17. The lowest BCUT2D eigenvalue weighted by atomic mass is 10.0. The van der Waals surface area contributed by atoms with Crippen LogP contribution >= 0.6 is 24.0 Å². The highest BCUT2D eigenvalue weighted by atomic mass is 127. The standard InChI is InChI=1S/C21H32N4O.HI/c1-15(2)14-25-11-9-17(10-12-25)24-21(22-4)23-13-20-16(3)18-7-5-6-8-19(18)26-20;/h5-8,15,17H,9-14H2,1-4H3,(H2,22,23,24);1H. The van der Waals surface area contributed by atoms with Gasteiger partial charge in [-0.05, 0) is 31.7 Å². The first-order valence-corrected chi connectivity index (χ1v) is 9.73. The Morgan fingerprint density at radius 3 is 2.59 bits per heavy atom. The second kappa shape index (κ2) is 10.3. The van der Waals surface area contributed by atoms with E-state index >= 15 is 0 Å². The van der Waals surface area contributed by atoms with Crippen molar-refractivity contribution in [1.29, 1.82) is 0 Å². The first-order chi connectivity index (χ1) is 12.6. The van der Waals surface area contributed by atoms with Crippen molar-refractivity contribution in [2.24, 2.45) is 10.9 Å². The van der Waals surface area contributed by atoms with E-state index in [0.29, 0.717) is 12.6 Å². The maximum absolute atomic E-state index is 5.98. The van der Waals surface area contributed by atoms with E-state index in [1.165, 1.54) is 17.5 Å². The summed E-state index contributed by atoms with van der Waals surface area (Å²) in [6.07, 6.45) is 2.33. The molecule has 2 aromatic rings. The lowest BCUT2D eigenvalue weighted by Gasteiger charge is -2.33. The van der Waals surface area contributed by atoms with Crippen molar-refractivity contribution < 1.29 is 4.42 Å². The van der Waals surface area contributed by atoms with Gasteiger partial charge in [0.1, 0.15) is 11.3 Å². The Bertz CT molecular complexity index is 748. The topological polar surface area (TPSA) is 52.8 Å². The number of para-hydroxylation sites is 1. The highest BCUT2D eigenvalue weighted by Crippen LogP contribution is 2.24. The van der Waals surface area contributed by atoms with Gasteiger partial charge in [-0.1, -0.05) is 32.0 Å². The number of rotatable bonds is 5. The number of hydrogen-bond donors (Lipinski definition) is 2. The van der Waals surface area contributed by atoms with Crippen molar-refractivity contribution in [3.05, 3.63) is 35.6 Å². The molecule has 0 unspecified atom stereocenters. The van der Waals surface area contributed by atoms with E-state index in [-0.39, 0.29) is 24.0 Å². The molecule has 0 radical (unpaired) electrons. The lowest BCUT2D eigenvalue weighted by Crippen LogP contribution is -2.49. The SMILES string of the molecule is CN=C(NCc1oc2ccccc2c1C)NC1CCN(CC(C)C)CC1.I. The van der Waals surface area contributed by atoms with Crippen molar-refractivity contribution in [2.75, 3.05) is 26.7 Å². The molecular weight excluding hydrogens is 451 g/mol. The molecule has 1 aromatic heterocycles. The monoisotopic (exact) mass is 484 g/mol. The normalized spacial score (nSPS) is 16.6. The van der Waals surface area contributed by atoms with Gasteiger partial charge in [-0.2, -0.15) is 0 Å². The average Bonchev–Trinajstić information content (AvgIpc) is 2.96. The molecule has 27 heavy (non-hydrogen) atoms. The summed E-state index contributed by atoms with van der Waals surface area (Å²) in [5.74, 6) is 2.56. The van der Waals surface area contributed by atoms with Gasteiger partial charge in [0, 0.05) is 43.7 Å². The van der Waals surface area contributed by atoms with Gasteiger partial charge in [-0.3, -0.25) is 4.99 Å². The molecule has 1 saturated heterocycles. The molecule has 0 bridgehead atoms. The fourth-order valence-corrected chi connectivity index (χ4v) is 3.72. The first-order valence-electron chi connectivity index (χ1n) is 9.73. The Morgan fingerprint density at radius 2 is 1.96 bits per heavy atom. The van der Waals surface area contributed by atoms with Gasteiger partial charge < -0.3 is 20.0 Å². The number of nitrogens with zero attached hydrogens (tertiary/aromatic N) is 2. The third kappa shape index (κ3) is 5.85.